The fourth-order valence-corrected chi connectivity index (χ4v) is 1.14. The Bertz CT molecular complexity index is 326. The third-order valence-electron chi connectivity index (χ3n) is 1.52. The highest BCUT2D eigenvalue weighted by Crippen LogP contribution is 2.02. The van der Waals surface area contributed by atoms with Crippen LogP contribution >= 0.6 is 0 Å². The number of rotatable bonds is 4. The Balaban J connectivity index is 0. The molecule has 4 nitrogen and oxygen atoms in total. The summed E-state index contributed by atoms with van der Waals surface area (Å²) in [5, 5.41) is 0. The van der Waals surface area contributed by atoms with Crippen LogP contribution in [0, 0.1) is 0 Å². The Morgan fingerprint density at radius 1 is 1.00 bits per heavy atom. The predicted octanol–water partition coefficient (Wildman–Crippen LogP) is 2.72. The van der Waals surface area contributed by atoms with E-state index in [1.54, 1.807) is 13.8 Å². The fraction of sp³-hybridized carbons (Fsp3) is 0.538. The van der Waals surface area contributed by atoms with E-state index in [0.717, 1.165) is 0 Å². The molecule has 0 aromatic carbocycles. The molecule has 18 heavy (non-hydrogen) atoms. The van der Waals surface area contributed by atoms with Gasteiger partial charge in [0.25, 0.3) is 0 Å². The summed E-state index contributed by atoms with van der Waals surface area (Å²) in [6.07, 6.45) is 0.582. The van der Waals surface area contributed by atoms with Gasteiger partial charge in [-0.1, -0.05) is 32.8 Å². The second-order valence-corrected chi connectivity index (χ2v) is 10.6. The maximum atomic E-state index is 10.9. The molecule has 0 saturated carbocycles. The molecule has 0 spiro atoms. The minimum atomic E-state index is -1.25. The molecule has 0 bridgehead atoms. The first-order chi connectivity index (χ1) is 8.01. The van der Waals surface area contributed by atoms with E-state index in [9.17, 15) is 9.59 Å². The lowest BCUT2D eigenvalue weighted by Gasteiger charge is -2.15. The van der Waals surface area contributed by atoms with Gasteiger partial charge in [0.2, 0.25) is 0 Å². The summed E-state index contributed by atoms with van der Waals surface area (Å²) in [5.74, 6) is -0.618. The Morgan fingerprint density at radius 3 is 1.56 bits per heavy atom. The van der Waals surface area contributed by atoms with Crippen molar-refractivity contribution in [1.29, 1.82) is 0 Å². The number of hydrogen-bond donors (Lipinski definition) is 0. The van der Waals surface area contributed by atoms with E-state index < -0.39 is 8.07 Å². The third-order valence-corrected chi connectivity index (χ3v) is 2.53. The molecule has 0 saturated heterocycles. The number of esters is 2. The minimum Gasteiger partial charge on any atom is -0.466 e. The van der Waals surface area contributed by atoms with Gasteiger partial charge in [0.05, 0.1) is 21.4 Å². The predicted molar refractivity (Wildman–Crippen MR) is 75.9 cm³/mol. The molecule has 0 amide bonds. The second kappa shape index (κ2) is 8.69. The molecule has 0 fully saturated rings. The maximum absolute atomic E-state index is 10.9. The van der Waals surface area contributed by atoms with Crippen molar-refractivity contribution < 1.29 is 19.1 Å². The van der Waals surface area contributed by atoms with Crippen molar-refractivity contribution in [3.63, 3.8) is 0 Å². The van der Waals surface area contributed by atoms with Gasteiger partial charge in [-0.15, -0.1) is 0 Å². The van der Waals surface area contributed by atoms with E-state index in [-0.39, 0.29) is 11.9 Å². The topological polar surface area (TPSA) is 52.6 Å². The van der Waals surface area contributed by atoms with Gasteiger partial charge in [-0.25, -0.2) is 9.59 Å². The molecule has 0 aliphatic heterocycles. The maximum Gasteiger partial charge on any atom is 0.332 e. The fourth-order valence-electron chi connectivity index (χ4n) is 0.579. The average molecular weight is 272 g/mol. The van der Waals surface area contributed by atoms with Crippen LogP contribution in [0.2, 0.25) is 19.6 Å². The van der Waals surface area contributed by atoms with Gasteiger partial charge >= 0.3 is 11.9 Å². The van der Waals surface area contributed by atoms with E-state index in [4.69, 9.17) is 4.74 Å². The largest absolute Gasteiger partial charge is 0.466 e. The zero-order valence-corrected chi connectivity index (χ0v) is 13.3. The summed E-state index contributed by atoms with van der Waals surface area (Å²) >= 11 is 0. The van der Waals surface area contributed by atoms with Gasteiger partial charge in [-0.3, -0.25) is 0 Å². The van der Waals surface area contributed by atoms with E-state index in [0.29, 0.717) is 17.4 Å². The summed E-state index contributed by atoms with van der Waals surface area (Å²) in [5.41, 5.74) is 0.908. The SMILES string of the molecule is C=C(C)C(=O)OC.C=C(C)C(=O)OC[Si](C)(C)C. The monoisotopic (exact) mass is 272 g/mol. The Labute approximate surface area is 111 Å². The lowest BCUT2D eigenvalue weighted by molar-refractivity contribution is -0.137. The lowest BCUT2D eigenvalue weighted by atomic mass is 10.4. The number of ether oxygens (including phenoxy) is 2. The molecular formula is C13H24O4Si. The van der Waals surface area contributed by atoms with Crippen LogP contribution in [-0.2, 0) is 19.1 Å². The Kier molecular flexibility index (Phi) is 9.16. The quantitative estimate of drug-likeness (QED) is 0.448. The van der Waals surface area contributed by atoms with Crippen LogP contribution in [0.4, 0.5) is 0 Å². The number of carbonyl (C=O) groups excluding carboxylic acids is 2. The first-order valence-corrected chi connectivity index (χ1v) is 9.28. The molecule has 0 unspecified atom stereocenters. The third kappa shape index (κ3) is 12.7. The van der Waals surface area contributed by atoms with Crippen LogP contribution in [0.5, 0.6) is 0 Å². The molecule has 0 radical (unpaired) electrons. The molecule has 0 aliphatic carbocycles. The van der Waals surface area contributed by atoms with Crippen molar-refractivity contribution >= 4 is 20.0 Å². The van der Waals surface area contributed by atoms with Crippen LogP contribution in [-0.4, -0.2) is 33.4 Å². The standard InChI is InChI=1S/C8H16O2Si.C5H8O2/c1-7(2)8(9)10-6-11(3,4)5;1-4(2)5(6)7-3/h1,6H2,2-5H3;1H2,2-3H3. The van der Waals surface area contributed by atoms with Crippen LogP contribution in [0.15, 0.2) is 24.3 Å². The molecule has 0 aliphatic rings. The smallest absolute Gasteiger partial charge is 0.332 e. The zero-order chi connectivity index (χ0) is 14.9. The molecule has 5 heteroatoms. The van der Waals surface area contributed by atoms with Gasteiger partial charge in [0, 0.05) is 11.1 Å². The molecule has 0 aromatic heterocycles. The molecular weight excluding hydrogens is 248 g/mol. The van der Waals surface area contributed by atoms with Gasteiger partial charge in [-0.2, -0.15) is 0 Å². The van der Waals surface area contributed by atoms with Gasteiger partial charge in [0.15, 0.2) is 0 Å². The summed E-state index contributed by atoms with van der Waals surface area (Å²) in [4.78, 5) is 21.1. The van der Waals surface area contributed by atoms with E-state index in [2.05, 4.69) is 37.5 Å². The van der Waals surface area contributed by atoms with Crippen molar-refractivity contribution in [3.05, 3.63) is 24.3 Å². The molecule has 0 N–H and O–H groups in total. The van der Waals surface area contributed by atoms with Gasteiger partial charge in [0.1, 0.15) is 0 Å². The highest BCUT2D eigenvalue weighted by Gasteiger charge is 2.16. The number of carbonyl (C=O) groups is 2. The van der Waals surface area contributed by atoms with Crippen LogP contribution in [0.3, 0.4) is 0 Å². The van der Waals surface area contributed by atoms with Crippen molar-refractivity contribution in [3.8, 4) is 0 Å². The molecule has 0 heterocycles. The highest BCUT2D eigenvalue weighted by molar-refractivity contribution is 6.76. The van der Waals surface area contributed by atoms with Crippen LogP contribution in [0.1, 0.15) is 13.8 Å². The van der Waals surface area contributed by atoms with Gasteiger partial charge in [-0.05, 0) is 13.8 Å². The number of methoxy groups -OCH3 is 1. The normalized spacial score (nSPS) is 9.67. The average Bonchev–Trinajstić information content (AvgIpc) is 2.24. The minimum absolute atomic E-state index is 0.271. The molecule has 0 aromatic rings. The van der Waals surface area contributed by atoms with E-state index >= 15 is 0 Å². The Hall–Kier alpha value is -1.36. The highest BCUT2D eigenvalue weighted by atomic mass is 28.3. The summed E-state index contributed by atoms with van der Waals surface area (Å²) in [6, 6.07) is 0. The lowest BCUT2D eigenvalue weighted by Crippen LogP contribution is -2.29. The van der Waals surface area contributed by atoms with E-state index in [1.165, 1.54) is 7.11 Å². The first-order valence-electron chi connectivity index (χ1n) is 5.57. The molecule has 0 atom stereocenters. The molecule has 104 valence electrons. The summed E-state index contributed by atoms with van der Waals surface area (Å²) in [6.45, 7) is 16.6. The van der Waals surface area contributed by atoms with Gasteiger partial charge < -0.3 is 9.47 Å². The first kappa shape index (κ1) is 19.0. The molecule has 0 rings (SSSR count). The van der Waals surface area contributed by atoms with Crippen LogP contribution < -0.4 is 0 Å². The van der Waals surface area contributed by atoms with Crippen molar-refractivity contribution in [1.82, 2.24) is 0 Å². The van der Waals surface area contributed by atoms with Crippen molar-refractivity contribution in [2.24, 2.45) is 0 Å². The Morgan fingerprint density at radius 2 is 1.39 bits per heavy atom. The summed E-state index contributed by atoms with van der Waals surface area (Å²) < 4.78 is 9.26. The van der Waals surface area contributed by atoms with Crippen molar-refractivity contribution in [2.45, 2.75) is 33.5 Å². The van der Waals surface area contributed by atoms with Crippen molar-refractivity contribution in [2.75, 3.05) is 13.3 Å². The second-order valence-electron chi connectivity index (χ2n) is 5.19. The number of hydrogen-bond acceptors (Lipinski definition) is 4. The van der Waals surface area contributed by atoms with E-state index in [1.807, 2.05) is 0 Å². The van der Waals surface area contributed by atoms with Crippen LogP contribution in [0.25, 0.3) is 0 Å². The summed E-state index contributed by atoms with van der Waals surface area (Å²) in [7, 11) is 0.0803. The zero-order valence-electron chi connectivity index (χ0n) is 12.3.